The largest absolute Gasteiger partial charge is 0.317 e. The lowest BCUT2D eigenvalue weighted by atomic mass is 9.98. The third-order valence-corrected chi connectivity index (χ3v) is 3.63. The van der Waals surface area contributed by atoms with E-state index in [2.05, 4.69) is 10.6 Å². The van der Waals surface area contributed by atoms with E-state index in [1.165, 1.54) is 12.8 Å². The van der Waals surface area contributed by atoms with Gasteiger partial charge in [0.05, 0.1) is 4.92 Å². The van der Waals surface area contributed by atoms with Crippen LogP contribution in [0.25, 0.3) is 0 Å². The van der Waals surface area contributed by atoms with Crippen LogP contribution in [0.3, 0.4) is 0 Å². The Bertz CT molecular complexity index is 400. The number of hydrogen-bond donors (Lipinski definition) is 2. The van der Waals surface area contributed by atoms with E-state index in [0.717, 1.165) is 44.1 Å². The number of nitrogens with one attached hydrogen (secondary N) is 2. The molecule has 1 aromatic rings. The Balaban J connectivity index is 1.66. The van der Waals surface area contributed by atoms with E-state index in [-0.39, 0.29) is 10.6 Å². The van der Waals surface area contributed by atoms with Crippen molar-refractivity contribution in [3.63, 3.8) is 0 Å². The summed E-state index contributed by atoms with van der Waals surface area (Å²) >= 11 is 0. The van der Waals surface area contributed by atoms with Crippen molar-refractivity contribution in [1.82, 2.24) is 10.6 Å². The molecule has 0 atom stereocenters. The predicted molar refractivity (Wildman–Crippen MR) is 75.3 cm³/mol. The van der Waals surface area contributed by atoms with Crippen LogP contribution in [-0.4, -0.2) is 31.1 Å². The Morgan fingerprint density at radius 3 is 2.58 bits per heavy atom. The maximum absolute atomic E-state index is 10.5. The first-order valence-corrected chi connectivity index (χ1v) is 6.90. The van der Waals surface area contributed by atoms with E-state index in [1.54, 1.807) is 12.1 Å². The summed E-state index contributed by atoms with van der Waals surface area (Å²) in [4.78, 5) is 10.2. The molecule has 0 spiro atoms. The molecule has 0 aliphatic carbocycles. The van der Waals surface area contributed by atoms with Crippen molar-refractivity contribution in [3.05, 3.63) is 39.9 Å². The first kappa shape index (κ1) is 14.0. The number of nitro groups is 1. The Labute approximate surface area is 113 Å². The molecule has 0 amide bonds. The van der Waals surface area contributed by atoms with Gasteiger partial charge in [0.25, 0.3) is 5.69 Å². The van der Waals surface area contributed by atoms with Crippen LogP contribution in [-0.2, 0) is 6.42 Å². The fourth-order valence-corrected chi connectivity index (χ4v) is 2.41. The molecular formula is C14H21N3O2. The number of hydrogen-bond acceptors (Lipinski definition) is 4. The zero-order chi connectivity index (χ0) is 13.5. The van der Waals surface area contributed by atoms with E-state index in [0.29, 0.717) is 0 Å². The van der Waals surface area contributed by atoms with Crippen molar-refractivity contribution in [2.45, 2.75) is 19.3 Å². The molecule has 0 unspecified atom stereocenters. The summed E-state index contributed by atoms with van der Waals surface area (Å²) in [5, 5.41) is 17.4. The lowest BCUT2D eigenvalue weighted by Crippen LogP contribution is -2.34. The molecule has 5 heteroatoms. The van der Waals surface area contributed by atoms with Crippen LogP contribution in [0.4, 0.5) is 5.69 Å². The number of nitrogens with zero attached hydrogens (tertiary/aromatic N) is 1. The monoisotopic (exact) mass is 263 g/mol. The van der Waals surface area contributed by atoms with E-state index >= 15 is 0 Å². The predicted octanol–water partition coefficient (Wildman–Crippen LogP) is 1.73. The van der Waals surface area contributed by atoms with Gasteiger partial charge in [-0.05, 0) is 56.9 Å². The molecule has 2 N–H and O–H groups in total. The average Bonchev–Trinajstić information content (AvgIpc) is 2.45. The van der Waals surface area contributed by atoms with Crippen molar-refractivity contribution >= 4 is 5.69 Å². The number of non-ortho nitro benzene ring substituents is 1. The van der Waals surface area contributed by atoms with E-state index < -0.39 is 0 Å². The quantitative estimate of drug-likeness (QED) is 0.466. The first-order chi connectivity index (χ1) is 9.25. The van der Waals surface area contributed by atoms with Gasteiger partial charge in [0.1, 0.15) is 0 Å². The summed E-state index contributed by atoms with van der Waals surface area (Å²) < 4.78 is 0. The minimum atomic E-state index is -0.362. The average molecular weight is 263 g/mol. The van der Waals surface area contributed by atoms with Crippen molar-refractivity contribution in [2.75, 3.05) is 26.2 Å². The summed E-state index contributed by atoms with van der Waals surface area (Å²) in [7, 11) is 0. The van der Waals surface area contributed by atoms with E-state index in [9.17, 15) is 10.1 Å². The molecule has 5 nitrogen and oxygen atoms in total. The Morgan fingerprint density at radius 1 is 1.26 bits per heavy atom. The maximum atomic E-state index is 10.5. The number of piperidine rings is 1. The highest BCUT2D eigenvalue weighted by molar-refractivity contribution is 5.32. The minimum Gasteiger partial charge on any atom is -0.317 e. The van der Waals surface area contributed by atoms with Crippen LogP contribution >= 0.6 is 0 Å². The molecule has 1 saturated heterocycles. The molecule has 19 heavy (non-hydrogen) atoms. The Morgan fingerprint density at radius 2 is 1.95 bits per heavy atom. The molecule has 1 aromatic carbocycles. The molecule has 0 radical (unpaired) electrons. The van der Waals surface area contributed by atoms with E-state index in [1.807, 2.05) is 12.1 Å². The van der Waals surface area contributed by atoms with Gasteiger partial charge >= 0.3 is 0 Å². The fourth-order valence-electron chi connectivity index (χ4n) is 2.41. The molecular weight excluding hydrogens is 242 g/mol. The Kier molecular flexibility index (Phi) is 5.30. The third-order valence-electron chi connectivity index (χ3n) is 3.63. The van der Waals surface area contributed by atoms with Crippen LogP contribution in [0.15, 0.2) is 24.3 Å². The number of rotatable bonds is 6. The third kappa shape index (κ3) is 4.61. The molecule has 1 aliphatic rings. The lowest BCUT2D eigenvalue weighted by molar-refractivity contribution is -0.384. The van der Waals surface area contributed by atoms with Gasteiger partial charge in [-0.15, -0.1) is 0 Å². The normalized spacial score (nSPS) is 16.4. The van der Waals surface area contributed by atoms with Crippen molar-refractivity contribution in [3.8, 4) is 0 Å². The zero-order valence-corrected chi connectivity index (χ0v) is 11.1. The summed E-state index contributed by atoms with van der Waals surface area (Å²) in [6, 6.07) is 6.82. The van der Waals surface area contributed by atoms with Gasteiger partial charge in [-0.3, -0.25) is 10.1 Å². The molecule has 0 saturated carbocycles. The second-order valence-corrected chi connectivity index (χ2v) is 5.07. The first-order valence-electron chi connectivity index (χ1n) is 6.90. The van der Waals surface area contributed by atoms with Gasteiger partial charge in [0.2, 0.25) is 0 Å². The fraction of sp³-hybridized carbons (Fsp3) is 0.571. The van der Waals surface area contributed by atoms with Crippen molar-refractivity contribution in [1.29, 1.82) is 0 Å². The molecule has 104 valence electrons. The highest BCUT2D eigenvalue weighted by Gasteiger charge is 2.11. The summed E-state index contributed by atoms with van der Waals surface area (Å²) in [6.45, 7) is 4.28. The summed E-state index contributed by atoms with van der Waals surface area (Å²) in [5.74, 6) is 0.790. The maximum Gasteiger partial charge on any atom is 0.269 e. The number of benzene rings is 1. The molecule has 0 aromatic heterocycles. The lowest BCUT2D eigenvalue weighted by Gasteiger charge is -2.22. The second-order valence-electron chi connectivity index (χ2n) is 5.07. The summed E-state index contributed by atoms with van der Waals surface area (Å²) in [5.41, 5.74) is 1.30. The van der Waals surface area contributed by atoms with Gasteiger partial charge in [-0.1, -0.05) is 12.1 Å². The minimum absolute atomic E-state index is 0.159. The number of nitro benzene ring substituents is 1. The second kappa shape index (κ2) is 7.21. The molecule has 1 fully saturated rings. The van der Waals surface area contributed by atoms with Crippen LogP contribution in [0.5, 0.6) is 0 Å². The van der Waals surface area contributed by atoms with Crippen molar-refractivity contribution < 1.29 is 4.92 Å². The standard InChI is InChI=1S/C14H21N3O2/c18-17(19)14-3-1-12(2-4-14)5-10-16-11-13-6-8-15-9-7-13/h1-4,13,15-16H,5-11H2. The molecule has 2 rings (SSSR count). The van der Waals surface area contributed by atoms with Gasteiger partial charge in [0.15, 0.2) is 0 Å². The SMILES string of the molecule is O=[N+]([O-])c1ccc(CCNCC2CCNCC2)cc1. The van der Waals surface area contributed by atoms with Gasteiger partial charge < -0.3 is 10.6 Å². The van der Waals surface area contributed by atoms with Crippen LogP contribution < -0.4 is 10.6 Å². The highest BCUT2D eigenvalue weighted by Crippen LogP contribution is 2.12. The van der Waals surface area contributed by atoms with E-state index in [4.69, 9.17) is 0 Å². The highest BCUT2D eigenvalue weighted by atomic mass is 16.6. The van der Waals surface area contributed by atoms with Gasteiger partial charge in [-0.25, -0.2) is 0 Å². The summed E-state index contributed by atoms with van der Waals surface area (Å²) in [6.07, 6.45) is 3.43. The zero-order valence-electron chi connectivity index (χ0n) is 11.1. The van der Waals surface area contributed by atoms with Crippen LogP contribution in [0, 0.1) is 16.0 Å². The topological polar surface area (TPSA) is 67.2 Å². The molecule has 0 bridgehead atoms. The molecule has 1 aliphatic heterocycles. The molecule has 1 heterocycles. The van der Waals surface area contributed by atoms with Crippen molar-refractivity contribution in [2.24, 2.45) is 5.92 Å². The van der Waals surface area contributed by atoms with Gasteiger partial charge in [-0.2, -0.15) is 0 Å². The Hall–Kier alpha value is -1.46. The van der Waals surface area contributed by atoms with Crippen LogP contribution in [0.2, 0.25) is 0 Å². The smallest absolute Gasteiger partial charge is 0.269 e. The van der Waals surface area contributed by atoms with Gasteiger partial charge in [0, 0.05) is 12.1 Å². The van der Waals surface area contributed by atoms with Crippen LogP contribution in [0.1, 0.15) is 18.4 Å².